The first-order chi connectivity index (χ1) is 16.4. The number of amides is 3. The molecule has 3 aromatic carbocycles. The summed E-state index contributed by atoms with van der Waals surface area (Å²) < 4.78 is 7.27. The van der Waals surface area contributed by atoms with E-state index in [4.69, 9.17) is 4.74 Å². The van der Waals surface area contributed by atoms with Crippen molar-refractivity contribution in [2.45, 2.75) is 20.1 Å². The molecule has 34 heavy (non-hydrogen) atoms. The Balaban J connectivity index is 1.51. The van der Waals surface area contributed by atoms with Crippen molar-refractivity contribution in [2.75, 3.05) is 0 Å². The molecule has 170 valence electrons. The standard InChI is InChI=1S/C26H19Br2N3O3/c1-16-6-8-17(9-7-16)14-31-25(32)23(30-26(31)33)12-18-10-21(27)24(22(28)11-18)34-15-20-5-3-2-4-19(20)13-29/h2-12H,14-15H2,1H3,(H,30,33)/b23-12+. The summed E-state index contributed by atoms with van der Waals surface area (Å²) in [5, 5.41) is 11.9. The van der Waals surface area contributed by atoms with Crippen LogP contribution in [0.3, 0.4) is 0 Å². The van der Waals surface area contributed by atoms with Crippen LogP contribution in [0.2, 0.25) is 0 Å². The number of nitrogens with zero attached hydrogens (tertiary/aromatic N) is 2. The van der Waals surface area contributed by atoms with Gasteiger partial charge >= 0.3 is 6.03 Å². The summed E-state index contributed by atoms with van der Waals surface area (Å²) in [7, 11) is 0. The lowest BCUT2D eigenvalue weighted by atomic mass is 10.1. The second-order valence-corrected chi connectivity index (χ2v) is 9.45. The Hall–Kier alpha value is -3.41. The van der Waals surface area contributed by atoms with Gasteiger partial charge in [-0.05, 0) is 74.2 Å². The van der Waals surface area contributed by atoms with E-state index in [1.807, 2.05) is 43.3 Å². The molecule has 1 fully saturated rings. The Morgan fingerprint density at radius 1 is 1.06 bits per heavy atom. The fourth-order valence-electron chi connectivity index (χ4n) is 3.46. The van der Waals surface area contributed by atoms with Gasteiger partial charge < -0.3 is 10.1 Å². The van der Waals surface area contributed by atoms with Gasteiger partial charge in [-0.25, -0.2) is 4.79 Å². The Bertz CT molecular complexity index is 1320. The maximum absolute atomic E-state index is 12.8. The van der Waals surface area contributed by atoms with Crippen LogP contribution in [-0.2, 0) is 17.9 Å². The van der Waals surface area contributed by atoms with Crippen molar-refractivity contribution in [3.63, 3.8) is 0 Å². The van der Waals surface area contributed by atoms with Gasteiger partial charge in [0.25, 0.3) is 5.91 Å². The zero-order valence-electron chi connectivity index (χ0n) is 18.1. The lowest BCUT2D eigenvalue weighted by Crippen LogP contribution is -2.30. The van der Waals surface area contributed by atoms with Crippen molar-refractivity contribution < 1.29 is 14.3 Å². The minimum absolute atomic E-state index is 0.201. The summed E-state index contributed by atoms with van der Waals surface area (Å²) in [6.45, 7) is 2.41. The van der Waals surface area contributed by atoms with Crippen LogP contribution < -0.4 is 10.1 Å². The Morgan fingerprint density at radius 2 is 1.74 bits per heavy atom. The molecule has 0 aliphatic carbocycles. The van der Waals surface area contributed by atoms with Gasteiger partial charge in [0.05, 0.1) is 27.1 Å². The van der Waals surface area contributed by atoms with Crippen molar-refractivity contribution in [3.05, 3.63) is 103 Å². The Kier molecular flexibility index (Phi) is 7.15. The number of halogens is 2. The van der Waals surface area contributed by atoms with Gasteiger partial charge in [-0.2, -0.15) is 5.26 Å². The van der Waals surface area contributed by atoms with Gasteiger partial charge in [0.15, 0.2) is 0 Å². The van der Waals surface area contributed by atoms with E-state index in [9.17, 15) is 14.9 Å². The zero-order chi connectivity index (χ0) is 24.2. The second-order valence-electron chi connectivity index (χ2n) is 7.74. The van der Waals surface area contributed by atoms with E-state index < -0.39 is 6.03 Å². The molecule has 8 heteroatoms. The molecule has 0 saturated carbocycles. The smallest absolute Gasteiger partial charge is 0.329 e. The summed E-state index contributed by atoms with van der Waals surface area (Å²) in [5.74, 6) is 0.184. The van der Waals surface area contributed by atoms with Gasteiger partial charge in [-0.3, -0.25) is 9.69 Å². The van der Waals surface area contributed by atoms with Crippen LogP contribution in [-0.4, -0.2) is 16.8 Å². The molecule has 0 unspecified atom stereocenters. The number of hydrogen-bond acceptors (Lipinski definition) is 4. The fraction of sp³-hybridized carbons (Fsp3) is 0.115. The minimum Gasteiger partial charge on any atom is -0.486 e. The van der Waals surface area contributed by atoms with Crippen LogP contribution in [0.1, 0.15) is 27.8 Å². The van der Waals surface area contributed by atoms with Crippen LogP contribution in [0.5, 0.6) is 5.75 Å². The average Bonchev–Trinajstić information content (AvgIpc) is 3.07. The normalized spacial score (nSPS) is 14.3. The van der Waals surface area contributed by atoms with Crippen molar-refractivity contribution >= 4 is 49.9 Å². The number of nitriles is 1. The Morgan fingerprint density at radius 3 is 2.41 bits per heavy atom. The van der Waals surface area contributed by atoms with Gasteiger partial charge in [0.2, 0.25) is 0 Å². The second kappa shape index (κ2) is 10.2. The largest absolute Gasteiger partial charge is 0.486 e. The molecule has 0 bridgehead atoms. The third kappa shape index (κ3) is 5.22. The highest BCUT2D eigenvalue weighted by atomic mass is 79.9. The SMILES string of the molecule is Cc1ccc(CN2C(=O)N/C(=C/c3cc(Br)c(OCc4ccccc4C#N)c(Br)c3)C2=O)cc1. The molecule has 0 radical (unpaired) electrons. The zero-order valence-corrected chi connectivity index (χ0v) is 21.3. The summed E-state index contributed by atoms with van der Waals surface area (Å²) in [6, 6.07) is 20.2. The molecule has 0 aromatic heterocycles. The van der Waals surface area contributed by atoms with Gasteiger partial charge in [0, 0.05) is 5.56 Å². The van der Waals surface area contributed by atoms with E-state index in [-0.39, 0.29) is 24.8 Å². The minimum atomic E-state index is -0.453. The molecule has 6 nitrogen and oxygen atoms in total. The average molecular weight is 581 g/mol. The van der Waals surface area contributed by atoms with Crippen LogP contribution in [0, 0.1) is 18.3 Å². The highest BCUT2D eigenvalue weighted by molar-refractivity contribution is 9.11. The van der Waals surface area contributed by atoms with Gasteiger partial charge in [0.1, 0.15) is 18.1 Å². The molecule has 0 spiro atoms. The molecule has 1 N–H and O–H groups in total. The number of carbonyl (C=O) groups excluding carboxylic acids is 2. The summed E-state index contributed by atoms with van der Waals surface area (Å²) in [5.41, 5.74) is 4.22. The fourth-order valence-corrected chi connectivity index (χ4v) is 4.91. The monoisotopic (exact) mass is 579 g/mol. The van der Waals surface area contributed by atoms with Crippen molar-refractivity contribution in [1.82, 2.24) is 10.2 Å². The molecule has 1 saturated heterocycles. The highest BCUT2D eigenvalue weighted by Crippen LogP contribution is 2.36. The van der Waals surface area contributed by atoms with E-state index in [1.165, 1.54) is 4.90 Å². The van der Waals surface area contributed by atoms with Crippen molar-refractivity contribution in [2.24, 2.45) is 0 Å². The van der Waals surface area contributed by atoms with Gasteiger partial charge in [-0.1, -0.05) is 48.0 Å². The Labute approximate surface area is 214 Å². The van der Waals surface area contributed by atoms with Crippen molar-refractivity contribution in [3.8, 4) is 11.8 Å². The molecule has 4 rings (SSSR count). The molecule has 1 aliphatic rings. The summed E-state index contributed by atoms with van der Waals surface area (Å²) >= 11 is 7.03. The van der Waals surface area contributed by atoms with E-state index in [1.54, 1.807) is 30.3 Å². The third-order valence-corrected chi connectivity index (χ3v) is 6.44. The summed E-state index contributed by atoms with van der Waals surface area (Å²) in [6.07, 6.45) is 1.62. The van der Waals surface area contributed by atoms with Gasteiger partial charge in [-0.15, -0.1) is 0 Å². The van der Waals surface area contributed by atoms with Crippen LogP contribution in [0.4, 0.5) is 4.79 Å². The third-order valence-electron chi connectivity index (χ3n) is 5.27. The van der Waals surface area contributed by atoms with Crippen LogP contribution in [0.25, 0.3) is 6.08 Å². The molecule has 1 heterocycles. The number of nitrogens with one attached hydrogen (secondary N) is 1. The number of urea groups is 1. The topological polar surface area (TPSA) is 82.4 Å². The molecule has 3 aromatic rings. The number of benzene rings is 3. The number of carbonyl (C=O) groups is 2. The summed E-state index contributed by atoms with van der Waals surface area (Å²) in [4.78, 5) is 26.4. The quantitative estimate of drug-likeness (QED) is 0.284. The molecular weight excluding hydrogens is 562 g/mol. The van der Waals surface area contributed by atoms with E-state index in [2.05, 4.69) is 43.2 Å². The predicted octanol–water partition coefficient (Wildman–Crippen LogP) is 6.06. The maximum atomic E-state index is 12.8. The first-order valence-electron chi connectivity index (χ1n) is 10.4. The number of aryl methyl sites for hydroxylation is 1. The number of hydrogen-bond donors (Lipinski definition) is 1. The van der Waals surface area contributed by atoms with E-state index in [0.717, 1.165) is 16.7 Å². The molecule has 0 atom stereocenters. The number of rotatable bonds is 6. The molecule has 1 aliphatic heterocycles. The highest BCUT2D eigenvalue weighted by Gasteiger charge is 2.33. The number of ether oxygens (including phenoxy) is 1. The van der Waals surface area contributed by atoms with E-state index in [0.29, 0.717) is 25.8 Å². The predicted molar refractivity (Wildman–Crippen MR) is 136 cm³/mol. The molecule has 3 amide bonds. The van der Waals surface area contributed by atoms with E-state index >= 15 is 0 Å². The lowest BCUT2D eigenvalue weighted by molar-refractivity contribution is -0.123. The number of imide groups is 1. The lowest BCUT2D eigenvalue weighted by Gasteiger charge is -2.12. The maximum Gasteiger partial charge on any atom is 0.329 e. The first kappa shape index (κ1) is 23.7. The van der Waals surface area contributed by atoms with Crippen molar-refractivity contribution in [1.29, 1.82) is 5.26 Å². The first-order valence-corrected chi connectivity index (χ1v) is 11.9. The van der Waals surface area contributed by atoms with Crippen LogP contribution >= 0.6 is 31.9 Å². The molecular formula is C26H19Br2N3O3. The van der Waals surface area contributed by atoms with Crippen LogP contribution in [0.15, 0.2) is 75.3 Å².